The Bertz CT molecular complexity index is 446. The molecule has 0 unspecified atom stereocenters. The molecule has 1 aromatic rings. The molecule has 1 rings (SSSR count). The quantitative estimate of drug-likeness (QED) is 0.645. The van der Waals surface area contributed by atoms with Crippen LogP contribution in [-0.2, 0) is 4.74 Å². The lowest BCUT2D eigenvalue weighted by molar-refractivity contribution is -0.172. The third-order valence-corrected chi connectivity index (χ3v) is 3.16. The molecule has 0 bridgehead atoms. The van der Waals surface area contributed by atoms with E-state index in [-0.39, 0.29) is 12.2 Å². The first-order chi connectivity index (χ1) is 8.79. The minimum absolute atomic E-state index is 0.0412. The molecule has 1 aromatic carbocycles. The monoisotopic (exact) mass is 294 g/mol. The fourth-order valence-electron chi connectivity index (χ4n) is 1.33. The van der Waals surface area contributed by atoms with Crippen molar-refractivity contribution in [3.63, 3.8) is 0 Å². The highest BCUT2D eigenvalue weighted by molar-refractivity contribution is 7.99. The highest BCUT2D eigenvalue weighted by Crippen LogP contribution is 2.22. The molecule has 0 aromatic heterocycles. The molecule has 0 saturated heterocycles. The Hall–Kier alpha value is -1.21. The number of halogens is 3. The molecule has 106 valence electrons. The number of benzene rings is 1. The molecule has 0 aliphatic heterocycles. The van der Waals surface area contributed by atoms with Crippen LogP contribution >= 0.6 is 11.8 Å². The summed E-state index contributed by atoms with van der Waals surface area (Å²) in [6.07, 6.45) is -4.31. The van der Waals surface area contributed by atoms with Gasteiger partial charge < -0.3 is 9.84 Å². The average molecular weight is 294 g/mol. The molecule has 3 nitrogen and oxygen atoms in total. The van der Waals surface area contributed by atoms with Crippen molar-refractivity contribution >= 4 is 17.7 Å². The van der Waals surface area contributed by atoms with Gasteiger partial charge in [0.05, 0.1) is 12.2 Å². The van der Waals surface area contributed by atoms with E-state index in [1.807, 2.05) is 0 Å². The number of hydrogen-bond acceptors (Lipinski definition) is 3. The second kappa shape index (κ2) is 6.81. The normalized spacial score (nSPS) is 11.6. The lowest BCUT2D eigenvalue weighted by atomic mass is 10.1. The summed E-state index contributed by atoms with van der Waals surface area (Å²) in [4.78, 5) is 11.6. The average Bonchev–Trinajstić information content (AvgIpc) is 2.29. The van der Waals surface area contributed by atoms with Crippen molar-refractivity contribution in [1.29, 1.82) is 0 Å². The van der Waals surface area contributed by atoms with Crippen LogP contribution in [0, 0.1) is 6.92 Å². The molecular weight excluding hydrogens is 281 g/mol. The first-order valence-electron chi connectivity index (χ1n) is 5.41. The van der Waals surface area contributed by atoms with Crippen LogP contribution in [0.25, 0.3) is 0 Å². The SMILES string of the molecule is Cc1ccc(SCCOCC(F)(F)F)cc1C(=O)O. The van der Waals surface area contributed by atoms with Gasteiger partial charge in [0.15, 0.2) is 0 Å². The zero-order valence-corrected chi connectivity index (χ0v) is 11.0. The van der Waals surface area contributed by atoms with E-state index in [1.54, 1.807) is 19.1 Å². The summed E-state index contributed by atoms with van der Waals surface area (Å²) in [5, 5.41) is 8.93. The van der Waals surface area contributed by atoms with Gasteiger partial charge in [-0.3, -0.25) is 0 Å². The molecule has 19 heavy (non-hydrogen) atoms. The zero-order valence-electron chi connectivity index (χ0n) is 10.2. The van der Waals surface area contributed by atoms with Crippen LogP contribution in [-0.4, -0.2) is 36.2 Å². The van der Waals surface area contributed by atoms with Crippen molar-refractivity contribution in [3.05, 3.63) is 29.3 Å². The maximum absolute atomic E-state index is 11.8. The predicted octanol–water partition coefficient (Wildman–Crippen LogP) is 3.36. The summed E-state index contributed by atoms with van der Waals surface area (Å²) in [6, 6.07) is 4.91. The second-order valence-corrected chi connectivity index (χ2v) is 4.97. The van der Waals surface area contributed by atoms with Gasteiger partial charge in [-0.15, -0.1) is 11.8 Å². The number of aryl methyl sites for hydroxylation is 1. The van der Waals surface area contributed by atoms with Gasteiger partial charge in [0.1, 0.15) is 6.61 Å². The largest absolute Gasteiger partial charge is 0.478 e. The van der Waals surface area contributed by atoms with Crippen molar-refractivity contribution in [2.45, 2.75) is 18.0 Å². The molecule has 0 spiro atoms. The van der Waals surface area contributed by atoms with Crippen molar-refractivity contribution in [2.75, 3.05) is 19.0 Å². The fourth-order valence-corrected chi connectivity index (χ4v) is 2.13. The van der Waals surface area contributed by atoms with Gasteiger partial charge in [-0.2, -0.15) is 13.2 Å². The lowest BCUT2D eigenvalue weighted by Gasteiger charge is -2.08. The Kier molecular flexibility index (Phi) is 5.68. The van der Waals surface area contributed by atoms with E-state index in [4.69, 9.17) is 5.11 Å². The Morgan fingerprint density at radius 1 is 1.42 bits per heavy atom. The third-order valence-electron chi connectivity index (χ3n) is 2.20. The van der Waals surface area contributed by atoms with Crippen molar-refractivity contribution in [1.82, 2.24) is 0 Å². The summed E-state index contributed by atoms with van der Waals surface area (Å²) < 4.78 is 39.8. The molecular formula is C12H13F3O3S. The van der Waals surface area contributed by atoms with Crippen molar-refractivity contribution in [2.24, 2.45) is 0 Å². The van der Waals surface area contributed by atoms with E-state index in [2.05, 4.69) is 4.74 Å². The van der Waals surface area contributed by atoms with Gasteiger partial charge in [-0.05, 0) is 24.6 Å². The molecule has 7 heteroatoms. The third kappa shape index (κ3) is 5.98. The van der Waals surface area contributed by atoms with Crippen LogP contribution < -0.4 is 0 Å². The van der Waals surface area contributed by atoms with Crippen LogP contribution in [0.3, 0.4) is 0 Å². The molecule has 0 heterocycles. The Morgan fingerprint density at radius 3 is 2.68 bits per heavy atom. The number of thioether (sulfide) groups is 1. The second-order valence-electron chi connectivity index (χ2n) is 3.80. The molecule has 0 amide bonds. The smallest absolute Gasteiger partial charge is 0.411 e. The number of carbonyl (C=O) groups is 1. The highest BCUT2D eigenvalue weighted by atomic mass is 32.2. The fraction of sp³-hybridized carbons (Fsp3) is 0.417. The van der Waals surface area contributed by atoms with Crippen LogP contribution in [0.2, 0.25) is 0 Å². The molecule has 0 aliphatic carbocycles. The van der Waals surface area contributed by atoms with Gasteiger partial charge in [0.2, 0.25) is 0 Å². The Morgan fingerprint density at radius 2 is 2.11 bits per heavy atom. The van der Waals surface area contributed by atoms with Crippen LogP contribution in [0.15, 0.2) is 23.1 Å². The van der Waals surface area contributed by atoms with Gasteiger partial charge in [-0.25, -0.2) is 4.79 Å². The van der Waals surface area contributed by atoms with E-state index in [1.165, 1.54) is 17.8 Å². The van der Waals surface area contributed by atoms with Crippen molar-refractivity contribution in [3.8, 4) is 0 Å². The molecule has 0 aliphatic rings. The summed E-state index contributed by atoms with van der Waals surface area (Å²) in [5.41, 5.74) is 0.839. The van der Waals surface area contributed by atoms with Gasteiger partial charge in [0.25, 0.3) is 0 Å². The summed E-state index contributed by atoms with van der Waals surface area (Å²) in [6.45, 7) is 0.382. The number of carboxylic acids is 1. The predicted molar refractivity (Wildman–Crippen MR) is 65.7 cm³/mol. The minimum atomic E-state index is -4.31. The zero-order chi connectivity index (χ0) is 14.5. The summed E-state index contributed by atoms with van der Waals surface area (Å²) in [7, 11) is 0. The molecule has 0 radical (unpaired) electrons. The van der Waals surface area contributed by atoms with Crippen LogP contribution in [0.5, 0.6) is 0 Å². The van der Waals surface area contributed by atoms with E-state index in [9.17, 15) is 18.0 Å². The molecule has 1 N–H and O–H groups in total. The van der Waals surface area contributed by atoms with Gasteiger partial charge >= 0.3 is 12.1 Å². The Balaban J connectivity index is 2.42. The topological polar surface area (TPSA) is 46.5 Å². The molecule has 0 fully saturated rings. The van der Waals surface area contributed by atoms with Crippen LogP contribution in [0.4, 0.5) is 13.2 Å². The summed E-state index contributed by atoms with van der Waals surface area (Å²) in [5.74, 6) is -0.689. The molecule has 0 saturated carbocycles. The molecule has 0 atom stereocenters. The number of carboxylic acid groups (broad SMARTS) is 1. The first kappa shape index (κ1) is 15.8. The number of rotatable bonds is 6. The van der Waals surface area contributed by atoms with E-state index in [0.29, 0.717) is 16.2 Å². The maximum Gasteiger partial charge on any atom is 0.411 e. The van der Waals surface area contributed by atoms with Crippen molar-refractivity contribution < 1.29 is 27.8 Å². The van der Waals surface area contributed by atoms with E-state index >= 15 is 0 Å². The minimum Gasteiger partial charge on any atom is -0.478 e. The van der Waals surface area contributed by atoms with E-state index in [0.717, 1.165) is 0 Å². The Labute approximate surface area is 112 Å². The first-order valence-corrected chi connectivity index (χ1v) is 6.39. The number of ether oxygens (including phenoxy) is 1. The number of alkyl halides is 3. The van der Waals surface area contributed by atoms with Gasteiger partial charge in [0, 0.05) is 10.6 Å². The van der Waals surface area contributed by atoms with Gasteiger partial charge in [-0.1, -0.05) is 6.07 Å². The summed E-state index contributed by atoms with van der Waals surface area (Å²) >= 11 is 1.26. The maximum atomic E-state index is 11.8. The highest BCUT2D eigenvalue weighted by Gasteiger charge is 2.27. The lowest BCUT2D eigenvalue weighted by Crippen LogP contribution is -2.17. The van der Waals surface area contributed by atoms with E-state index < -0.39 is 18.8 Å². The number of hydrogen-bond donors (Lipinski definition) is 1. The number of aromatic carboxylic acids is 1. The standard InChI is InChI=1S/C12H13F3O3S/c1-8-2-3-9(6-10(8)11(16)17)19-5-4-18-7-12(13,14)15/h2-3,6H,4-5,7H2,1H3,(H,16,17). The van der Waals surface area contributed by atoms with Crippen LogP contribution in [0.1, 0.15) is 15.9 Å².